The highest BCUT2D eigenvalue weighted by molar-refractivity contribution is 5.56. The number of nitrogens with two attached hydrogens (primary N) is 1. The van der Waals surface area contributed by atoms with E-state index in [0.717, 1.165) is 50.4 Å². The van der Waals surface area contributed by atoms with Gasteiger partial charge in [-0.1, -0.05) is 6.92 Å². The molecule has 0 spiro atoms. The standard InChI is InChI=1S/C18H24F3N5/c1-2-13(10-3-4-10)15-8-16(24-12-6-5-11(22)7-12)26-17(25-15)14(9-23-26)18(19,20)21/h8-13,24H,2-7,22H2,1H3/t11-,12-,13-/m0/s1. The van der Waals surface area contributed by atoms with Gasteiger partial charge in [0, 0.05) is 29.8 Å². The minimum atomic E-state index is -4.47. The van der Waals surface area contributed by atoms with E-state index in [4.69, 9.17) is 5.73 Å². The number of nitrogens with zero attached hydrogens (tertiary/aromatic N) is 3. The van der Waals surface area contributed by atoms with Gasteiger partial charge in [-0.3, -0.25) is 0 Å². The van der Waals surface area contributed by atoms with Gasteiger partial charge in [0.05, 0.1) is 6.20 Å². The molecule has 8 heteroatoms. The van der Waals surface area contributed by atoms with Gasteiger partial charge in [0.25, 0.3) is 0 Å². The summed E-state index contributed by atoms with van der Waals surface area (Å²) in [4.78, 5) is 4.40. The molecule has 2 fully saturated rings. The van der Waals surface area contributed by atoms with Crippen molar-refractivity contribution >= 4 is 11.5 Å². The molecule has 3 N–H and O–H groups in total. The maximum Gasteiger partial charge on any atom is 0.421 e. The summed E-state index contributed by atoms with van der Waals surface area (Å²) >= 11 is 0. The zero-order chi connectivity index (χ0) is 18.5. The Morgan fingerprint density at radius 3 is 2.65 bits per heavy atom. The topological polar surface area (TPSA) is 68.2 Å². The van der Waals surface area contributed by atoms with E-state index in [0.29, 0.717) is 11.7 Å². The van der Waals surface area contributed by atoms with Crippen LogP contribution < -0.4 is 11.1 Å². The average molecular weight is 367 g/mol. The van der Waals surface area contributed by atoms with Crippen molar-refractivity contribution in [3.8, 4) is 0 Å². The van der Waals surface area contributed by atoms with E-state index in [1.54, 1.807) is 0 Å². The summed E-state index contributed by atoms with van der Waals surface area (Å²) in [7, 11) is 0. The summed E-state index contributed by atoms with van der Waals surface area (Å²) in [6.07, 6.45) is 2.16. The fourth-order valence-corrected chi connectivity index (χ4v) is 4.11. The van der Waals surface area contributed by atoms with Crippen molar-refractivity contribution in [1.29, 1.82) is 0 Å². The van der Waals surface area contributed by atoms with Crippen LogP contribution in [0.15, 0.2) is 12.3 Å². The second-order valence-electron chi connectivity index (χ2n) is 7.62. The minimum absolute atomic E-state index is 0.112. The first-order chi connectivity index (χ1) is 12.4. The van der Waals surface area contributed by atoms with Crippen molar-refractivity contribution < 1.29 is 13.2 Å². The molecule has 2 saturated carbocycles. The molecule has 4 rings (SSSR count). The number of fused-ring (bicyclic) bond motifs is 1. The van der Waals surface area contributed by atoms with Crippen LogP contribution in [0.4, 0.5) is 19.0 Å². The number of anilines is 1. The molecule has 0 radical (unpaired) electrons. The lowest BCUT2D eigenvalue weighted by Gasteiger charge is -2.19. The Morgan fingerprint density at radius 1 is 1.31 bits per heavy atom. The van der Waals surface area contributed by atoms with Gasteiger partial charge in [0.2, 0.25) is 0 Å². The van der Waals surface area contributed by atoms with Crippen molar-refractivity contribution in [2.45, 2.75) is 69.6 Å². The lowest BCUT2D eigenvalue weighted by molar-refractivity contribution is -0.136. The summed E-state index contributed by atoms with van der Waals surface area (Å²) in [5.41, 5.74) is 5.82. The van der Waals surface area contributed by atoms with Crippen LogP contribution in [0, 0.1) is 5.92 Å². The lowest BCUT2D eigenvalue weighted by Crippen LogP contribution is -2.22. The summed E-state index contributed by atoms with van der Waals surface area (Å²) in [6.45, 7) is 2.07. The molecule has 0 bridgehead atoms. The molecule has 2 aliphatic carbocycles. The molecule has 0 aliphatic heterocycles. The van der Waals surface area contributed by atoms with Crippen molar-refractivity contribution in [3.05, 3.63) is 23.5 Å². The average Bonchev–Trinajstić information content (AvgIpc) is 3.15. The molecule has 2 heterocycles. The van der Waals surface area contributed by atoms with E-state index in [2.05, 4.69) is 22.3 Å². The Hall–Kier alpha value is -1.83. The first kappa shape index (κ1) is 17.6. The molecule has 26 heavy (non-hydrogen) atoms. The second kappa shape index (κ2) is 6.40. The zero-order valence-corrected chi connectivity index (χ0v) is 14.8. The van der Waals surface area contributed by atoms with E-state index >= 15 is 0 Å². The van der Waals surface area contributed by atoms with Crippen molar-refractivity contribution in [2.24, 2.45) is 11.7 Å². The number of alkyl halides is 3. The number of rotatable bonds is 5. The lowest BCUT2D eigenvalue weighted by atomic mass is 9.96. The smallest absolute Gasteiger partial charge is 0.367 e. The van der Waals surface area contributed by atoms with Gasteiger partial charge in [-0.05, 0) is 44.4 Å². The Bertz CT molecular complexity index is 796. The molecule has 142 valence electrons. The highest BCUT2D eigenvalue weighted by Crippen LogP contribution is 2.45. The molecule has 3 atom stereocenters. The van der Waals surface area contributed by atoms with Crippen molar-refractivity contribution in [3.63, 3.8) is 0 Å². The van der Waals surface area contributed by atoms with Gasteiger partial charge in [-0.2, -0.15) is 22.8 Å². The molecular formula is C18H24F3N5. The zero-order valence-electron chi connectivity index (χ0n) is 14.8. The molecule has 5 nitrogen and oxygen atoms in total. The number of nitrogens with one attached hydrogen (secondary N) is 1. The van der Waals surface area contributed by atoms with Gasteiger partial charge < -0.3 is 11.1 Å². The van der Waals surface area contributed by atoms with Crippen LogP contribution in [0.1, 0.15) is 62.6 Å². The number of halogens is 3. The van der Waals surface area contributed by atoms with Gasteiger partial charge >= 0.3 is 6.18 Å². The first-order valence-corrected chi connectivity index (χ1v) is 9.34. The Kier molecular flexibility index (Phi) is 4.33. The number of hydrogen-bond acceptors (Lipinski definition) is 4. The van der Waals surface area contributed by atoms with Gasteiger partial charge in [-0.25, -0.2) is 4.98 Å². The molecule has 0 unspecified atom stereocenters. The number of aromatic nitrogens is 3. The Morgan fingerprint density at radius 2 is 2.08 bits per heavy atom. The largest absolute Gasteiger partial charge is 0.421 e. The van der Waals surface area contributed by atoms with Crippen LogP contribution in [0.5, 0.6) is 0 Å². The molecule has 0 saturated heterocycles. The van der Waals surface area contributed by atoms with Gasteiger partial charge in [-0.15, -0.1) is 0 Å². The Balaban J connectivity index is 1.78. The third-order valence-corrected chi connectivity index (χ3v) is 5.63. The monoisotopic (exact) mass is 367 g/mol. The molecular weight excluding hydrogens is 343 g/mol. The van der Waals surface area contributed by atoms with Crippen LogP contribution in [-0.4, -0.2) is 26.7 Å². The minimum Gasteiger partial charge on any atom is -0.367 e. The van der Waals surface area contributed by atoms with Crippen molar-refractivity contribution in [1.82, 2.24) is 14.6 Å². The molecule has 2 aliphatic rings. The molecule has 0 amide bonds. The highest BCUT2D eigenvalue weighted by atomic mass is 19.4. The summed E-state index contributed by atoms with van der Waals surface area (Å²) in [5, 5.41) is 7.34. The maximum atomic E-state index is 13.4. The summed E-state index contributed by atoms with van der Waals surface area (Å²) in [6, 6.07) is 2.18. The summed E-state index contributed by atoms with van der Waals surface area (Å²) < 4.78 is 41.5. The van der Waals surface area contributed by atoms with E-state index in [1.807, 2.05) is 6.07 Å². The van der Waals surface area contributed by atoms with Gasteiger partial charge in [0.1, 0.15) is 11.4 Å². The SMILES string of the molecule is CC[C@H](c1cc(N[C@H]2CC[C@H](N)C2)n2ncc(C(F)(F)F)c2n1)C1CC1. The fourth-order valence-electron chi connectivity index (χ4n) is 4.11. The molecule has 2 aromatic rings. The predicted molar refractivity (Wildman–Crippen MR) is 93.0 cm³/mol. The third kappa shape index (κ3) is 3.26. The normalized spacial score (nSPS) is 25.0. The van der Waals surface area contributed by atoms with E-state index in [1.165, 1.54) is 4.52 Å². The maximum absolute atomic E-state index is 13.4. The van der Waals surface area contributed by atoms with Crippen molar-refractivity contribution in [2.75, 3.05) is 5.32 Å². The first-order valence-electron chi connectivity index (χ1n) is 9.34. The summed E-state index contributed by atoms with van der Waals surface area (Å²) in [5.74, 6) is 1.31. The van der Waals surface area contributed by atoms with Crippen LogP contribution in [0.3, 0.4) is 0 Å². The van der Waals surface area contributed by atoms with Crippen LogP contribution in [-0.2, 0) is 6.18 Å². The highest BCUT2D eigenvalue weighted by Gasteiger charge is 2.37. The quantitative estimate of drug-likeness (QED) is 0.840. The second-order valence-corrected chi connectivity index (χ2v) is 7.62. The predicted octanol–water partition coefficient (Wildman–Crippen LogP) is 3.94. The van der Waals surface area contributed by atoms with Crippen LogP contribution in [0.25, 0.3) is 5.65 Å². The van der Waals surface area contributed by atoms with Crippen LogP contribution >= 0.6 is 0 Å². The molecule has 0 aromatic carbocycles. The van der Waals surface area contributed by atoms with Crippen LogP contribution in [0.2, 0.25) is 0 Å². The number of hydrogen-bond donors (Lipinski definition) is 2. The fraction of sp³-hybridized carbons (Fsp3) is 0.667. The Labute approximate surface area is 150 Å². The van der Waals surface area contributed by atoms with Gasteiger partial charge in [0.15, 0.2) is 5.65 Å². The third-order valence-electron chi connectivity index (χ3n) is 5.63. The van der Waals surface area contributed by atoms with E-state index in [9.17, 15) is 13.2 Å². The van der Waals surface area contributed by atoms with E-state index < -0.39 is 11.7 Å². The molecule has 2 aromatic heterocycles. The van der Waals surface area contributed by atoms with E-state index in [-0.39, 0.29) is 23.6 Å².